The molecule has 0 bridgehead atoms. The first-order valence-corrected chi connectivity index (χ1v) is 10.2. The molecule has 1 unspecified atom stereocenters. The van der Waals surface area contributed by atoms with E-state index in [4.69, 9.17) is 4.65 Å². The average molecular weight is 400 g/mol. The first-order chi connectivity index (χ1) is 14.0. The van der Waals surface area contributed by atoms with Crippen molar-refractivity contribution in [2.45, 2.75) is 31.6 Å². The summed E-state index contributed by atoms with van der Waals surface area (Å²) >= 11 is 0. The number of carboxylic acids is 1. The summed E-state index contributed by atoms with van der Waals surface area (Å²) < 4.78 is 5.65. The highest BCUT2D eigenvalue weighted by atomic mass is 16.5. The Labute approximate surface area is 171 Å². The number of piperidine rings is 1. The molecule has 0 saturated carbocycles. The van der Waals surface area contributed by atoms with Crippen LogP contribution in [0.15, 0.2) is 35.6 Å². The van der Waals surface area contributed by atoms with Crippen molar-refractivity contribution >= 4 is 13.0 Å². The highest BCUT2D eigenvalue weighted by Crippen LogP contribution is 2.31. The molecule has 3 N–H and O–H groups in total. The number of aromatic carboxylic acids is 1. The van der Waals surface area contributed by atoms with Gasteiger partial charge in [-0.2, -0.15) is 4.91 Å². The number of carboxylic acid groups (broad SMARTS) is 1. The van der Waals surface area contributed by atoms with Crippen LogP contribution in [0.1, 0.15) is 35.2 Å². The molecule has 1 fully saturated rings. The summed E-state index contributed by atoms with van der Waals surface area (Å²) in [6, 6.07) is 4.98. The second-order valence-electron chi connectivity index (χ2n) is 7.86. The van der Waals surface area contributed by atoms with Crippen molar-refractivity contribution in [3.8, 4) is 5.75 Å². The number of benzene rings is 1. The fourth-order valence-corrected chi connectivity index (χ4v) is 4.16. The van der Waals surface area contributed by atoms with Crippen LogP contribution in [-0.4, -0.2) is 62.2 Å². The van der Waals surface area contributed by atoms with Crippen LogP contribution in [0.3, 0.4) is 0 Å². The quantitative estimate of drug-likeness (QED) is 0.430. The third-order valence-corrected chi connectivity index (χ3v) is 5.76. The largest absolute Gasteiger partial charge is 0.570 e. The molecule has 2 aliphatic rings. The molecule has 1 atom stereocenters. The van der Waals surface area contributed by atoms with Crippen molar-refractivity contribution in [2.24, 2.45) is 11.0 Å². The van der Waals surface area contributed by atoms with Crippen LogP contribution in [-0.2, 0) is 6.42 Å². The van der Waals surface area contributed by atoms with Crippen LogP contribution >= 0.6 is 0 Å². The molecular weight excluding hydrogens is 371 g/mol. The third-order valence-electron chi connectivity index (χ3n) is 5.76. The van der Waals surface area contributed by atoms with Crippen molar-refractivity contribution in [2.75, 3.05) is 33.2 Å². The molecule has 9 heteroatoms. The number of likely N-dealkylation sites (N-methyl/N-ethyl adjacent to an activating group) is 1. The number of para-hydroxylation sites is 1. The van der Waals surface area contributed by atoms with Crippen molar-refractivity contribution in [1.29, 1.82) is 0 Å². The lowest BCUT2D eigenvalue weighted by atomic mass is 9.68. The highest BCUT2D eigenvalue weighted by molar-refractivity contribution is 6.53. The fourth-order valence-electron chi connectivity index (χ4n) is 4.16. The Hall–Kier alpha value is -2.39. The molecule has 1 saturated heterocycles. The van der Waals surface area contributed by atoms with Crippen molar-refractivity contribution in [3.05, 3.63) is 46.5 Å². The van der Waals surface area contributed by atoms with Gasteiger partial charge in [0.15, 0.2) is 0 Å². The molecule has 0 aliphatic carbocycles. The molecular formula is C20H29BN4O4. The lowest BCUT2D eigenvalue weighted by Crippen LogP contribution is -2.50. The van der Waals surface area contributed by atoms with E-state index in [9.17, 15) is 14.8 Å². The fraction of sp³-hybridized carbons (Fsp3) is 0.550. The van der Waals surface area contributed by atoms with Crippen LogP contribution in [0.4, 0.5) is 0 Å². The lowest BCUT2D eigenvalue weighted by Gasteiger charge is -2.33. The maximum atomic E-state index is 11.4. The minimum atomic E-state index is -1.08. The molecule has 8 nitrogen and oxygen atoms in total. The van der Waals surface area contributed by atoms with E-state index in [1.54, 1.807) is 6.07 Å². The van der Waals surface area contributed by atoms with Gasteiger partial charge in [0.2, 0.25) is 0 Å². The van der Waals surface area contributed by atoms with E-state index in [0.29, 0.717) is 12.3 Å². The maximum Gasteiger partial charge on any atom is 0.570 e. The van der Waals surface area contributed by atoms with E-state index in [1.165, 1.54) is 6.07 Å². The van der Waals surface area contributed by atoms with Crippen LogP contribution in [0.5, 0.6) is 5.75 Å². The van der Waals surface area contributed by atoms with E-state index in [0.717, 1.165) is 56.7 Å². The normalized spacial score (nSPS) is 19.9. The highest BCUT2D eigenvalue weighted by Gasteiger charge is 2.39. The minimum Gasteiger partial charge on any atom is -0.536 e. The standard InChI is InChI=1S/C20H29BN4O4/c1-14(12-15-6-9-25(10-7-15)11-8-22-2)23-18-13-16-4-3-5-17(20(26)27)19(16)29-21(18)24-28/h3-5,15,18,22-23H,1,6-13H2,2H3,(H,26,27). The van der Waals surface area contributed by atoms with Crippen LogP contribution in [0.25, 0.3) is 0 Å². The molecule has 0 aromatic heterocycles. The number of likely N-dealkylation sites (tertiary alicyclic amines) is 1. The summed E-state index contributed by atoms with van der Waals surface area (Å²) in [7, 11) is 0.989. The van der Waals surface area contributed by atoms with Gasteiger partial charge in [-0.15, -0.1) is 0 Å². The summed E-state index contributed by atoms with van der Waals surface area (Å²) in [6.07, 6.45) is 3.58. The van der Waals surface area contributed by atoms with Gasteiger partial charge in [-0.05, 0) is 63.4 Å². The van der Waals surface area contributed by atoms with Gasteiger partial charge in [0.25, 0.3) is 0 Å². The maximum absolute atomic E-state index is 11.4. The summed E-state index contributed by atoms with van der Waals surface area (Å²) in [5.74, 6) is -0.628. The van der Waals surface area contributed by atoms with Gasteiger partial charge in [-0.25, -0.2) is 4.79 Å². The van der Waals surface area contributed by atoms with E-state index >= 15 is 0 Å². The topological polar surface area (TPSA) is 103 Å². The molecule has 1 aromatic carbocycles. The Morgan fingerprint density at radius 3 is 2.83 bits per heavy atom. The van der Waals surface area contributed by atoms with Gasteiger partial charge >= 0.3 is 13.0 Å². The van der Waals surface area contributed by atoms with E-state index in [2.05, 4.69) is 27.2 Å². The Morgan fingerprint density at radius 1 is 1.41 bits per heavy atom. The summed E-state index contributed by atoms with van der Waals surface area (Å²) in [5.41, 5.74) is 1.69. The van der Waals surface area contributed by atoms with Gasteiger partial charge < -0.3 is 25.3 Å². The number of rotatable bonds is 9. The zero-order valence-corrected chi connectivity index (χ0v) is 16.9. The molecule has 29 heavy (non-hydrogen) atoms. The number of allylic oxidation sites excluding steroid dienone is 1. The van der Waals surface area contributed by atoms with Crippen molar-refractivity contribution in [1.82, 2.24) is 15.5 Å². The van der Waals surface area contributed by atoms with Crippen LogP contribution < -0.4 is 15.3 Å². The number of hydrogen-bond acceptors (Lipinski definition) is 7. The number of carbonyl (C=O) groups is 1. The third kappa shape index (κ3) is 5.36. The SMILES string of the molecule is C=C(CC1CCN(CCNC)CC1)NC1Cc2cccc(C(=O)O)c2OB1N=O. The Kier molecular flexibility index (Phi) is 7.27. The summed E-state index contributed by atoms with van der Waals surface area (Å²) in [6.45, 7) is 8.42. The molecule has 0 spiro atoms. The number of nitrogens with one attached hydrogen (secondary N) is 2. The van der Waals surface area contributed by atoms with Crippen molar-refractivity contribution in [3.63, 3.8) is 0 Å². The Bertz CT molecular complexity index is 752. The average Bonchev–Trinajstić information content (AvgIpc) is 2.72. The van der Waals surface area contributed by atoms with Crippen LogP contribution in [0, 0.1) is 10.8 Å². The smallest absolute Gasteiger partial charge is 0.536 e. The first kappa shape index (κ1) is 21.3. The molecule has 3 rings (SSSR count). The molecule has 1 aromatic rings. The van der Waals surface area contributed by atoms with Gasteiger partial charge in [0.05, 0.1) is 11.5 Å². The van der Waals surface area contributed by atoms with Gasteiger partial charge in [0, 0.05) is 18.8 Å². The molecule has 0 radical (unpaired) electrons. The molecule has 0 amide bonds. The number of hydrogen-bond donors (Lipinski definition) is 3. The Morgan fingerprint density at radius 2 is 2.17 bits per heavy atom. The van der Waals surface area contributed by atoms with Crippen LogP contribution in [0.2, 0.25) is 0 Å². The van der Waals surface area contributed by atoms with E-state index in [1.807, 2.05) is 13.1 Å². The van der Waals surface area contributed by atoms with E-state index in [-0.39, 0.29) is 17.3 Å². The summed E-state index contributed by atoms with van der Waals surface area (Å²) in [4.78, 5) is 25.2. The molecule has 156 valence electrons. The molecule has 2 heterocycles. The molecule has 2 aliphatic heterocycles. The number of nitrogens with zero attached hydrogens (tertiary/aromatic N) is 2. The minimum absolute atomic E-state index is 0.0541. The second kappa shape index (κ2) is 9.89. The first-order valence-electron chi connectivity index (χ1n) is 10.2. The second-order valence-corrected chi connectivity index (χ2v) is 7.86. The Balaban J connectivity index is 1.56. The zero-order valence-electron chi connectivity index (χ0n) is 16.9. The van der Waals surface area contributed by atoms with E-state index < -0.39 is 13.0 Å². The van der Waals surface area contributed by atoms with Crippen molar-refractivity contribution < 1.29 is 14.6 Å². The van der Waals surface area contributed by atoms with Gasteiger partial charge in [-0.1, -0.05) is 23.8 Å². The monoisotopic (exact) mass is 400 g/mol. The van der Waals surface area contributed by atoms with Gasteiger partial charge in [0.1, 0.15) is 5.75 Å². The zero-order chi connectivity index (χ0) is 20.8. The van der Waals surface area contributed by atoms with Gasteiger partial charge in [-0.3, -0.25) is 0 Å². The number of fused-ring (bicyclic) bond motifs is 1. The number of nitroso groups, excluding NO2 is 1. The predicted octanol–water partition coefficient (Wildman–Crippen LogP) is 1.91. The lowest BCUT2D eigenvalue weighted by molar-refractivity contribution is 0.0694. The predicted molar refractivity (Wildman–Crippen MR) is 113 cm³/mol. The summed E-state index contributed by atoms with van der Waals surface area (Å²) in [5, 5.41) is 18.9.